The van der Waals surface area contributed by atoms with Crippen molar-refractivity contribution in [2.45, 2.75) is 418 Å². The molecule has 2 unspecified atom stereocenters. The lowest BCUT2D eigenvalue weighted by atomic mass is 10.0. The molecule has 0 spiro atoms. The molecule has 2 atom stereocenters. The lowest BCUT2D eigenvalue weighted by Gasteiger charge is -2.28. The molecule has 10 heteroatoms. The number of phosphoric acid groups is 1. The van der Waals surface area contributed by atoms with E-state index in [2.05, 4.69) is 38.2 Å². The van der Waals surface area contributed by atoms with Gasteiger partial charge in [0.15, 0.2) is 6.10 Å². The number of hydrogen-bond acceptors (Lipinski definition) is 8. The van der Waals surface area contributed by atoms with Crippen LogP contribution in [0.15, 0.2) is 24.3 Å². The molecule has 0 aliphatic heterocycles. The number of quaternary nitrogens is 1. The predicted octanol–water partition coefficient (Wildman–Crippen LogP) is 25.0. The Morgan fingerprint density at radius 2 is 0.580 bits per heavy atom. The molecule has 0 amide bonds. The molecule has 0 saturated carbocycles. The van der Waals surface area contributed by atoms with E-state index in [-0.39, 0.29) is 32.0 Å². The first-order valence-electron chi connectivity index (χ1n) is 39.0. The zero-order chi connectivity index (χ0) is 64.1. The number of phosphoric ester groups is 1. The number of rotatable bonds is 74. The Balaban J connectivity index is 3.89. The number of carbonyl (C=O) groups excluding carboxylic acids is 2. The summed E-state index contributed by atoms with van der Waals surface area (Å²) in [7, 11) is 1.19. The third kappa shape index (κ3) is 73.5. The van der Waals surface area contributed by atoms with Gasteiger partial charge in [-0.3, -0.25) is 14.2 Å². The van der Waals surface area contributed by atoms with E-state index in [1.54, 1.807) is 0 Å². The summed E-state index contributed by atoms with van der Waals surface area (Å²) in [6.45, 7) is 4.32. The number of ether oxygens (including phenoxy) is 2. The van der Waals surface area contributed by atoms with Gasteiger partial charge in [-0.25, -0.2) is 0 Å². The molecule has 0 N–H and O–H groups in total. The minimum atomic E-state index is -4.64. The summed E-state index contributed by atoms with van der Waals surface area (Å²) >= 11 is 0. The summed E-state index contributed by atoms with van der Waals surface area (Å²) in [6, 6.07) is 0. The van der Waals surface area contributed by atoms with Gasteiger partial charge in [0.1, 0.15) is 19.8 Å². The molecule has 522 valence electrons. The SMILES string of the molecule is CCCCCCCCCC/C=C\CCCCCCCCCCCCCCCCCCCCCCCCCCCCCC(=O)OC(COC(=O)CCCCCCCCCCCCCCC/C=C\CCCCCCCCCC)COP(=O)([O-])OCC[N+](C)(C)C. The fourth-order valence-corrected chi connectivity index (χ4v) is 12.7. The molecular weight excluding hydrogens is 1110 g/mol. The first kappa shape index (κ1) is 86.5. The first-order valence-corrected chi connectivity index (χ1v) is 40.5. The van der Waals surface area contributed by atoms with E-state index in [1.807, 2.05) is 21.1 Å². The quantitative estimate of drug-likeness (QED) is 0.0195. The summed E-state index contributed by atoms with van der Waals surface area (Å²) in [5.74, 6) is -0.808. The number of nitrogens with zero attached hydrogens (tertiary/aromatic N) is 1. The van der Waals surface area contributed by atoms with E-state index in [1.165, 1.54) is 347 Å². The van der Waals surface area contributed by atoms with Gasteiger partial charge < -0.3 is 27.9 Å². The molecule has 0 aromatic carbocycles. The Labute approximate surface area is 549 Å². The van der Waals surface area contributed by atoms with Crippen LogP contribution in [0.25, 0.3) is 0 Å². The molecule has 0 rings (SSSR count). The van der Waals surface area contributed by atoms with Crippen LogP contribution >= 0.6 is 7.82 Å². The van der Waals surface area contributed by atoms with E-state index in [0.717, 1.165) is 32.1 Å². The summed E-state index contributed by atoms with van der Waals surface area (Å²) < 4.78 is 34.4. The van der Waals surface area contributed by atoms with Crippen molar-refractivity contribution in [2.24, 2.45) is 0 Å². The van der Waals surface area contributed by atoms with Gasteiger partial charge in [0.2, 0.25) is 0 Å². The van der Waals surface area contributed by atoms with E-state index in [4.69, 9.17) is 18.5 Å². The molecule has 0 saturated heterocycles. The minimum absolute atomic E-state index is 0.0269. The predicted molar refractivity (Wildman–Crippen MR) is 379 cm³/mol. The Bertz CT molecular complexity index is 1530. The van der Waals surface area contributed by atoms with Crippen molar-refractivity contribution >= 4 is 19.8 Å². The van der Waals surface area contributed by atoms with Crippen molar-refractivity contribution in [3.63, 3.8) is 0 Å². The zero-order valence-corrected chi connectivity index (χ0v) is 60.6. The molecule has 0 aliphatic rings. The van der Waals surface area contributed by atoms with Gasteiger partial charge in [0, 0.05) is 12.8 Å². The van der Waals surface area contributed by atoms with Crippen molar-refractivity contribution in [1.82, 2.24) is 0 Å². The molecule has 0 aliphatic carbocycles. The lowest BCUT2D eigenvalue weighted by molar-refractivity contribution is -0.870. The fourth-order valence-electron chi connectivity index (χ4n) is 11.9. The van der Waals surface area contributed by atoms with Crippen LogP contribution in [0.1, 0.15) is 412 Å². The zero-order valence-electron chi connectivity index (χ0n) is 59.7. The summed E-state index contributed by atoms with van der Waals surface area (Å²) in [4.78, 5) is 38.1. The van der Waals surface area contributed by atoms with E-state index >= 15 is 0 Å². The van der Waals surface area contributed by atoms with Gasteiger partial charge in [-0.1, -0.05) is 359 Å². The number of unbranched alkanes of at least 4 members (excludes halogenated alkanes) is 56. The van der Waals surface area contributed by atoms with Crippen molar-refractivity contribution < 1.29 is 42.1 Å². The van der Waals surface area contributed by atoms with Crippen LogP contribution in [0.5, 0.6) is 0 Å². The van der Waals surface area contributed by atoms with Crippen LogP contribution < -0.4 is 4.89 Å². The maximum Gasteiger partial charge on any atom is 0.306 e. The van der Waals surface area contributed by atoms with Crippen LogP contribution in [0.4, 0.5) is 0 Å². The second kappa shape index (κ2) is 69.8. The Kier molecular flexibility index (Phi) is 68.6. The normalized spacial score (nSPS) is 13.1. The Hall–Kier alpha value is -1.51. The standard InChI is InChI=1S/C78H152NO8P/c1-6-8-10-12-14-16-18-20-22-24-26-28-30-32-33-34-35-36-37-38-39-40-41-42-43-44-45-47-49-51-53-55-57-59-61-63-65-67-69-71-78(81)87-76(75-86-88(82,83)85-73-72-79(3,4)5)74-84-77(80)70-68-66-64-62-60-58-56-54-52-50-48-46-31-29-27-25-23-21-19-17-15-13-11-9-7-2/h24-27,76H,6-23,28-75H2,1-5H3/b26-24-,27-25-. The van der Waals surface area contributed by atoms with Crippen molar-refractivity contribution in [2.75, 3.05) is 47.5 Å². The van der Waals surface area contributed by atoms with Crippen molar-refractivity contribution in [3.8, 4) is 0 Å². The maximum absolute atomic E-state index is 12.9. The molecule has 88 heavy (non-hydrogen) atoms. The molecule has 0 radical (unpaired) electrons. The van der Waals surface area contributed by atoms with E-state index < -0.39 is 26.5 Å². The van der Waals surface area contributed by atoms with Crippen LogP contribution in [0, 0.1) is 0 Å². The van der Waals surface area contributed by atoms with Crippen LogP contribution in [-0.4, -0.2) is 70.0 Å². The lowest BCUT2D eigenvalue weighted by Crippen LogP contribution is -2.37. The monoisotopic (exact) mass is 1260 g/mol. The van der Waals surface area contributed by atoms with E-state index in [0.29, 0.717) is 17.4 Å². The molecule has 0 fully saturated rings. The number of carbonyl (C=O) groups is 2. The Morgan fingerprint density at radius 1 is 0.341 bits per heavy atom. The van der Waals surface area contributed by atoms with Gasteiger partial charge in [0.25, 0.3) is 7.82 Å². The third-order valence-electron chi connectivity index (χ3n) is 17.9. The summed E-state index contributed by atoms with van der Waals surface area (Å²) in [5.41, 5.74) is 0. The highest BCUT2D eigenvalue weighted by molar-refractivity contribution is 7.45. The second-order valence-electron chi connectivity index (χ2n) is 28.1. The highest BCUT2D eigenvalue weighted by atomic mass is 31.2. The highest BCUT2D eigenvalue weighted by Gasteiger charge is 2.22. The molecular formula is C78H152NO8P. The average Bonchev–Trinajstić information content (AvgIpc) is 3.68. The van der Waals surface area contributed by atoms with Crippen molar-refractivity contribution in [1.29, 1.82) is 0 Å². The van der Waals surface area contributed by atoms with Crippen molar-refractivity contribution in [3.05, 3.63) is 24.3 Å². The molecule has 9 nitrogen and oxygen atoms in total. The molecule has 0 aromatic rings. The van der Waals surface area contributed by atoms with Gasteiger partial charge in [-0.15, -0.1) is 0 Å². The summed E-state index contributed by atoms with van der Waals surface area (Å²) in [5, 5.41) is 0. The minimum Gasteiger partial charge on any atom is -0.756 e. The van der Waals surface area contributed by atoms with E-state index in [9.17, 15) is 19.0 Å². The second-order valence-corrected chi connectivity index (χ2v) is 29.5. The topological polar surface area (TPSA) is 111 Å². The van der Waals surface area contributed by atoms with Crippen LogP contribution in [0.2, 0.25) is 0 Å². The molecule has 0 heterocycles. The first-order chi connectivity index (χ1) is 43.0. The van der Waals surface area contributed by atoms with Gasteiger partial charge >= 0.3 is 11.9 Å². The molecule has 0 aromatic heterocycles. The summed E-state index contributed by atoms with van der Waals surface area (Å²) in [6.07, 6.45) is 88.8. The maximum atomic E-state index is 12.9. The average molecular weight is 1260 g/mol. The number of hydrogen-bond donors (Lipinski definition) is 0. The fraction of sp³-hybridized carbons (Fsp3) is 0.923. The number of allylic oxidation sites excluding steroid dienone is 4. The van der Waals surface area contributed by atoms with Gasteiger partial charge in [0.05, 0.1) is 27.7 Å². The largest absolute Gasteiger partial charge is 0.756 e. The van der Waals surface area contributed by atoms with Gasteiger partial charge in [-0.05, 0) is 64.2 Å². The Morgan fingerprint density at radius 3 is 0.841 bits per heavy atom. The molecule has 0 bridgehead atoms. The number of esters is 2. The van der Waals surface area contributed by atoms with Gasteiger partial charge in [-0.2, -0.15) is 0 Å². The third-order valence-corrected chi connectivity index (χ3v) is 18.9. The van der Waals surface area contributed by atoms with Crippen LogP contribution in [0.3, 0.4) is 0 Å². The smallest absolute Gasteiger partial charge is 0.306 e. The van der Waals surface area contributed by atoms with Crippen LogP contribution in [-0.2, 0) is 32.7 Å². The highest BCUT2D eigenvalue weighted by Crippen LogP contribution is 2.38. The number of likely N-dealkylation sites (N-methyl/N-ethyl adjacent to an activating group) is 1.